The van der Waals surface area contributed by atoms with E-state index in [4.69, 9.17) is 9.47 Å². The van der Waals surface area contributed by atoms with Crippen LogP contribution in [0.1, 0.15) is 11.4 Å². The highest BCUT2D eigenvalue weighted by Crippen LogP contribution is 2.35. The van der Waals surface area contributed by atoms with Crippen LogP contribution in [-0.2, 0) is 6.42 Å². The average Bonchev–Trinajstić information content (AvgIpc) is 2.83. The SMILES string of the molecule is COc1cccc2c1OC[C@@H](Nc1nc(C)ns1)C2. The zero-order valence-corrected chi connectivity index (χ0v) is 11.7. The summed E-state index contributed by atoms with van der Waals surface area (Å²) >= 11 is 1.38. The van der Waals surface area contributed by atoms with Crippen molar-refractivity contribution in [3.8, 4) is 11.5 Å². The van der Waals surface area contributed by atoms with E-state index in [9.17, 15) is 0 Å². The molecular weight excluding hydrogens is 262 g/mol. The van der Waals surface area contributed by atoms with Crippen molar-refractivity contribution in [3.05, 3.63) is 29.6 Å². The summed E-state index contributed by atoms with van der Waals surface area (Å²) in [4.78, 5) is 4.31. The molecule has 0 aliphatic carbocycles. The first-order valence-corrected chi connectivity index (χ1v) is 6.89. The van der Waals surface area contributed by atoms with Gasteiger partial charge in [-0.15, -0.1) is 0 Å². The maximum atomic E-state index is 5.81. The topological polar surface area (TPSA) is 56.3 Å². The third kappa shape index (κ3) is 2.49. The zero-order chi connectivity index (χ0) is 13.2. The van der Waals surface area contributed by atoms with Crippen molar-refractivity contribution < 1.29 is 9.47 Å². The van der Waals surface area contributed by atoms with Gasteiger partial charge in [-0.1, -0.05) is 12.1 Å². The highest BCUT2D eigenvalue weighted by Gasteiger charge is 2.23. The largest absolute Gasteiger partial charge is 0.493 e. The molecule has 1 N–H and O–H groups in total. The fourth-order valence-corrected chi connectivity index (χ4v) is 2.83. The summed E-state index contributed by atoms with van der Waals surface area (Å²) in [6.45, 7) is 2.49. The number of hydrogen-bond acceptors (Lipinski definition) is 6. The van der Waals surface area contributed by atoms with Gasteiger partial charge in [0.25, 0.3) is 0 Å². The summed E-state index contributed by atoms with van der Waals surface area (Å²) in [5, 5.41) is 4.20. The molecule has 1 aliphatic heterocycles. The van der Waals surface area contributed by atoms with Crippen molar-refractivity contribution in [2.24, 2.45) is 0 Å². The number of aromatic nitrogens is 2. The molecule has 0 bridgehead atoms. The number of nitrogens with zero attached hydrogens (tertiary/aromatic N) is 2. The molecule has 1 aromatic heterocycles. The number of nitrogens with one attached hydrogen (secondary N) is 1. The molecule has 5 nitrogen and oxygen atoms in total. The Morgan fingerprint density at radius 1 is 1.47 bits per heavy atom. The average molecular weight is 277 g/mol. The molecule has 6 heteroatoms. The lowest BCUT2D eigenvalue weighted by Gasteiger charge is -2.26. The molecule has 1 atom stereocenters. The highest BCUT2D eigenvalue weighted by atomic mass is 32.1. The van der Waals surface area contributed by atoms with Gasteiger partial charge >= 0.3 is 0 Å². The fourth-order valence-electron chi connectivity index (χ4n) is 2.18. The number of anilines is 1. The Morgan fingerprint density at radius 3 is 3.11 bits per heavy atom. The maximum absolute atomic E-state index is 5.81. The number of methoxy groups -OCH3 is 1. The molecule has 1 aromatic carbocycles. The van der Waals surface area contributed by atoms with Crippen LogP contribution in [0.4, 0.5) is 5.13 Å². The van der Waals surface area contributed by atoms with Crippen molar-refractivity contribution in [3.63, 3.8) is 0 Å². The van der Waals surface area contributed by atoms with E-state index in [1.54, 1.807) is 7.11 Å². The first-order chi connectivity index (χ1) is 9.26. The van der Waals surface area contributed by atoms with Gasteiger partial charge in [-0.3, -0.25) is 0 Å². The standard InChI is InChI=1S/C13H15N3O2S/c1-8-14-13(19-16-8)15-10-6-9-4-3-5-11(17-2)12(9)18-7-10/h3-5,10H,6-7H2,1-2H3,(H,14,15,16)/t10-/m0/s1. The Labute approximate surface area is 115 Å². The number of fused-ring (bicyclic) bond motifs is 1. The normalized spacial score (nSPS) is 17.5. The Kier molecular flexibility index (Phi) is 3.25. The second-order valence-electron chi connectivity index (χ2n) is 4.45. The lowest BCUT2D eigenvalue weighted by Crippen LogP contribution is -2.33. The number of ether oxygens (including phenoxy) is 2. The van der Waals surface area contributed by atoms with Gasteiger partial charge in [0.05, 0.1) is 13.2 Å². The first-order valence-electron chi connectivity index (χ1n) is 6.12. The van der Waals surface area contributed by atoms with Crippen LogP contribution in [0.2, 0.25) is 0 Å². The van der Waals surface area contributed by atoms with Crippen LogP contribution in [0.3, 0.4) is 0 Å². The number of para-hydroxylation sites is 1. The van der Waals surface area contributed by atoms with Gasteiger partial charge in [0, 0.05) is 17.1 Å². The van der Waals surface area contributed by atoms with Crippen molar-refractivity contribution in [2.45, 2.75) is 19.4 Å². The molecular formula is C13H15N3O2S. The molecule has 3 rings (SSSR count). The summed E-state index contributed by atoms with van der Waals surface area (Å²) in [5.41, 5.74) is 1.16. The zero-order valence-electron chi connectivity index (χ0n) is 10.8. The van der Waals surface area contributed by atoms with E-state index in [2.05, 4.69) is 20.7 Å². The Bertz CT molecular complexity index is 585. The second kappa shape index (κ2) is 5.05. The van der Waals surface area contributed by atoms with Gasteiger partial charge in [0.15, 0.2) is 11.5 Å². The van der Waals surface area contributed by atoms with E-state index in [-0.39, 0.29) is 6.04 Å². The highest BCUT2D eigenvalue weighted by molar-refractivity contribution is 7.09. The van der Waals surface area contributed by atoms with E-state index in [1.165, 1.54) is 11.5 Å². The van der Waals surface area contributed by atoms with Crippen molar-refractivity contribution in [1.82, 2.24) is 9.36 Å². The second-order valence-corrected chi connectivity index (χ2v) is 5.20. The number of benzene rings is 1. The van der Waals surface area contributed by atoms with Crippen molar-refractivity contribution >= 4 is 16.7 Å². The van der Waals surface area contributed by atoms with Crippen LogP contribution >= 0.6 is 11.5 Å². The minimum Gasteiger partial charge on any atom is -0.493 e. The molecule has 0 radical (unpaired) electrons. The van der Waals surface area contributed by atoms with Gasteiger partial charge in [-0.25, -0.2) is 4.98 Å². The number of hydrogen-bond donors (Lipinski definition) is 1. The minimum absolute atomic E-state index is 0.215. The van der Waals surface area contributed by atoms with Crippen LogP contribution in [0, 0.1) is 6.92 Å². The molecule has 0 saturated carbocycles. The van der Waals surface area contributed by atoms with E-state index in [0.717, 1.165) is 34.4 Å². The lowest BCUT2D eigenvalue weighted by molar-refractivity contribution is 0.256. The summed E-state index contributed by atoms with van der Waals surface area (Å²) in [6, 6.07) is 6.18. The van der Waals surface area contributed by atoms with Crippen LogP contribution in [0.15, 0.2) is 18.2 Å². The molecule has 1 aliphatic rings. The Morgan fingerprint density at radius 2 is 2.37 bits per heavy atom. The van der Waals surface area contributed by atoms with Gasteiger partial charge in [-0.2, -0.15) is 4.37 Å². The van der Waals surface area contributed by atoms with Crippen LogP contribution in [0.5, 0.6) is 11.5 Å². The van der Waals surface area contributed by atoms with Crippen molar-refractivity contribution in [2.75, 3.05) is 19.0 Å². The molecule has 0 saturated heterocycles. The van der Waals surface area contributed by atoms with E-state index >= 15 is 0 Å². The predicted molar refractivity (Wildman–Crippen MR) is 74.2 cm³/mol. The van der Waals surface area contributed by atoms with E-state index in [1.807, 2.05) is 19.1 Å². The predicted octanol–water partition coefficient (Wildman–Crippen LogP) is 2.27. The summed E-state index contributed by atoms with van der Waals surface area (Å²) < 4.78 is 15.3. The van der Waals surface area contributed by atoms with Gasteiger partial charge in [0.2, 0.25) is 5.13 Å². The van der Waals surface area contributed by atoms with E-state index in [0.29, 0.717) is 6.61 Å². The Hall–Kier alpha value is -1.82. The lowest BCUT2D eigenvalue weighted by atomic mass is 10.0. The van der Waals surface area contributed by atoms with Gasteiger partial charge in [-0.05, 0) is 19.4 Å². The van der Waals surface area contributed by atoms with Crippen LogP contribution < -0.4 is 14.8 Å². The molecule has 0 amide bonds. The van der Waals surface area contributed by atoms with Crippen LogP contribution in [0.25, 0.3) is 0 Å². The van der Waals surface area contributed by atoms with Crippen LogP contribution in [-0.4, -0.2) is 29.1 Å². The number of aryl methyl sites for hydroxylation is 1. The van der Waals surface area contributed by atoms with Crippen molar-refractivity contribution in [1.29, 1.82) is 0 Å². The molecule has 0 spiro atoms. The molecule has 2 aromatic rings. The molecule has 19 heavy (non-hydrogen) atoms. The summed E-state index contributed by atoms with van der Waals surface area (Å²) in [6.07, 6.45) is 0.894. The quantitative estimate of drug-likeness (QED) is 0.932. The fraction of sp³-hybridized carbons (Fsp3) is 0.385. The van der Waals surface area contributed by atoms with Gasteiger partial charge in [0.1, 0.15) is 12.4 Å². The third-order valence-corrected chi connectivity index (χ3v) is 3.77. The molecule has 100 valence electrons. The smallest absolute Gasteiger partial charge is 0.202 e. The summed E-state index contributed by atoms with van der Waals surface area (Å²) in [7, 11) is 1.66. The monoisotopic (exact) mass is 277 g/mol. The van der Waals surface area contributed by atoms with Gasteiger partial charge < -0.3 is 14.8 Å². The number of rotatable bonds is 3. The van der Waals surface area contributed by atoms with E-state index < -0.39 is 0 Å². The third-order valence-electron chi connectivity index (χ3n) is 3.03. The maximum Gasteiger partial charge on any atom is 0.202 e. The summed E-state index contributed by atoms with van der Waals surface area (Å²) in [5.74, 6) is 2.45. The molecule has 2 heterocycles. The molecule has 0 unspecified atom stereocenters. The Balaban J connectivity index is 1.75. The first kappa shape index (κ1) is 12.2. The minimum atomic E-state index is 0.215. The molecule has 0 fully saturated rings.